The van der Waals surface area contributed by atoms with E-state index in [0.29, 0.717) is 0 Å². The monoisotopic (exact) mass is 868 g/mol. The van der Waals surface area contributed by atoms with Gasteiger partial charge in [0.25, 0.3) is 0 Å². The van der Waals surface area contributed by atoms with Crippen LogP contribution < -0.4 is 4.90 Å². The summed E-state index contributed by atoms with van der Waals surface area (Å²) in [7, 11) is 0. The minimum Gasteiger partial charge on any atom is -0.311 e. The zero-order valence-electron chi connectivity index (χ0n) is 38.4. The molecule has 0 aliphatic heterocycles. The summed E-state index contributed by atoms with van der Waals surface area (Å²) >= 11 is 0. The third-order valence-electron chi connectivity index (χ3n) is 14.6. The van der Waals surface area contributed by atoms with Crippen molar-refractivity contribution in [3.05, 3.63) is 253 Å². The van der Waals surface area contributed by atoms with Crippen molar-refractivity contribution in [1.82, 2.24) is 4.57 Å². The second-order valence-electron chi connectivity index (χ2n) is 19.0. The number of nitrogens with zero attached hydrogens (tertiary/aromatic N) is 2. The first-order chi connectivity index (χ1) is 33.4. The van der Waals surface area contributed by atoms with Crippen LogP contribution in [0, 0.1) is 6.92 Å². The second-order valence-corrected chi connectivity index (χ2v) is 19.0. The normalized spacial score (nSPS) is 12.8. The molecular weight excluding hydrogens is 821 g/mol. The minimum absolute atomic E-state index is 0.0743. The first-order valence-electron chi connectivity index (χ1n) is 23.8. The summed E-state index contributed by atoms with van der Waals surface area (Å²) in [5, 5.41) is 7.63. The molecule has 1 aliphatic rings. The van der Waals surface area contributed by atoms with E-state index < -0.39 is 0 Å². The Morgan fingerprint density at radius 3 is 1.47 bits per heavy atom. The molecule has 0 saturated carbocycles. The van der Waals surface area contributed by atoms with Gasteiger partial charge in [-0.1, -0.05) is 189 Å². The lowest BCUT2D eigenvalue weighted by molar-refractivity contribution is 0.660. The number of aryl methyl sites for hydroxylation is 1. The molecule has 2 nitrogen and oxygen atoms in total. The lowest BCUT2D eigenvalue weighted by Crippen LogP contribution is -2.14. The highest BCUT2D eigenvalue weighted by Gasteiger charge is 2.35. The van der Waals surface area contributed by atoms with Crippen LogP contribution in [-0.4, -0.2) is 4.57 Å². The topological polar surface area (TPSA) is 8.17 Å². The van der Waals surface area contributed by atoms with Crippen molar-refractivity contribution in [2.45, 2.75) is 26.2 Å². The fourth-order valence-electron chi connectivity index (χ4n) is 11.4. The molecule has 0 bridgehead atoms. The third-order valence-corrected chi connectivity index (χ3v) is 14.6. The summed E-state index contributed by atoms with van der Waals surface area (Å²) in [5.41, 5.74) is 21.0. The van der Waals surface area contributed by atoms with E-state index in [1.165, 1.54) is 105 Å². The van der Waals surface area contributed by atoms with Gasteiger partial charge in [0.1, 0.15) is 0 Å². The number of para-hydroxylation sites is 3. The van der Waals surface area contributed by atoms with E-state index in [9.17, 15) is 0 Å². The summed E-state index contributed by atoms with van der Waals surface area (Å²) in [6.07, 6.45) is 0. The number of benzene rings is 11. The Kier molecular flexibility index (Phi) is 9.13. The highest BCUT2D eigenvalue weighted by atomic mass is 15.1. The first-order valence-corrected chi connectivity index (χ1v) is 23.8. The number of hydrogen-bond donors (Lipinski definition) is 0. The average molecular weight is 869 g/mol. The van der Waals surface area contributed by atoms with Crippen molar-refractivity contribution in [3.63, 3.8) is 0 Å². The van der Waals surface area contributed by atoms with Crippen LogP contribution in [0.2, 0.25) is 0 Å². The Bertz CT molecular complexity index is 3860. The molecule has 1 heterocycles. The van der Waals surface area contributed by atoms with E-state index in [1.807, 2.05) is 0 Å². The van der Waals surface area contributed by atoms with Crippen LogP contribution in [0.4, 0.5) is 17.1 Å². The Hall–Kier alpha value is -8.46. The molecule has 0 atom stereocenters. The lowest BCUT2D eigenvalue weighted by Gasteiger charge is -2.26. The molecule has 0 saturated heterocycles. The molecule has 0 N–H and O–H groups in total. The molecule has 0 fully saturated rings. The van der Waals surface area contributed by atoms with Crippen LogP contribution in [0.25, 0.3) is 93.5 Å². The Morgan fingerprint density at radius 2 is 0.809 bits per heavy atom. The van der Waals surface area contributed by atoms with Crippen LogP contribution in [0.3, 0.4) is 0 Å². The maximum atomic E-state index is 2.47. The molecule has 0 amide bonds. The van der Waals surface area contributed by atoms with Gasteiger partial charge in [0.15, 0.2) is 0 Å². The minimum atomic E-state index is -0.0743. The number of aromatic nitrogens is 1. The van der Waals surface area contributed by atoms with Crippen molar-refractivity contribution in [2.24, 2.45) is 0 Å². The van der Waals surface area contributed by atoms with Crippen molar-refractivity contribution < 1.29 is 0 Å². The van der Waals surface area contributed by atoms with Gasteiger partial charge in [-0.2, -0.15) is 0 Å². The van der Waals surface area contributed by atoms with Crippen molar-refractivity contribution in [2.75, 3.05) is 4.90 Å². The Morgan fingerprint density at radius 1 is 0.338 bits per heavy atom. The van der Waals surface area contributed by atoms with Gasteiger partial charge in [-0.15, -0.1) is 0 Å². The van der Waals surface area contributed by atoms with E-state index in [4.69, 9.17) is 0 Å². The standard InChI is InChI=1S/C66H48N2/c1-43-25-39-58-59(41-43)65(47-32-40-53-52-17-9-12-22-60(52)66(2,3)61(53)42-47)57-21-8-7-20-56(57)64(58)46-28-26-44(27-29-46)45-30-33-49(34-31-45)67(48-15-5-4-6-16-48)50-35-37-51(38-36-50)68-62-23-13-10-18-54(62)55-19-11-14-24-63(55)68/h4-42H,1-3H3. The maximum Gasteiger partial charge on any atom is 0.0541 e. The van der Waals surface area contributed by atoms with Crippen LogP contribution >= 0.6 is 0 Å². The molecule has 2 heteroatoms. The largest absolute Gasteiger partial charge is 0.311 e. The second kappa shape index (κ2) is 15.6. The van der Waals surface area contributed by atoms with Crippen molar-refractivity contribution >= 4 is 60.4 Å². The summed E-state index contributed by atoms with van der Waals surface area (Å²) in [4.78, 5) is 2.34. The fourth-order valence-corrected chi connectivity index (χ4v) is 11.4. The Balaban J connectivity index is 0.854. The SMILES string of the molecule is Cc1ccc2c(-c3ccc(-c4ccc(N(c5ccccc5)c5ccc(-n6c7ccccc7c7ccccc76)cc5)cc4)cc3)c3ccccc3c(-c3ccc4c(c3)C(C)(C)c3ccccc3-4)c2c1. The van der Waals surface area contributed by atoms with Crippen LogP contribution in [0.15, 0.2) is 237 Å². The molecule has 0 spiro atoms. The van der Waals surface area contributed by atoms with Crippen LogP contribution in [0.5, 0.6) is 0 Å². The van der Waals surface area contributed by atoms with Crippen LogP contribution in [-0.2, 0) is 5.41 Å². The zero-order valence-corrected chi connectivity index (χ0v) is 38.4. The summed E-state index contributed by atoms with van der Waals surface area (Å²) in [6.45, 7) is 6.95. The molecule has 0 radical (unpaired) electrons. The summed E-state index contributed by atoms with van der Waals surface area (Å²) in [5.74, 6) is 0. The fraction of sp³-hybridized carbons (Fsp3) is 0.0606. The molecule has 68 heavy (non-hydrogen) atoms. The van der Waals surface area contributed by atoms with Gasteiger partial charge in [-0.05, 0) is 151 Å². The molecular formula is C66H48N2. The number of hydrogen-bond acceptors (Lipinski definition) is 1. The zero-order chi connectivity index (χ0) is 45.5. The number of fused-ring (bicyclic) bond motifs is 8. The van der Waals surface area contributed by atoms with Crippen LogP contribution in [0.1, 0.15) is 30.5 Å². The quantitative estimate of drug-likeness (QED) is 0.145. The number of rotatable bonds is 7. The van der Waals surface area contributed by atoms with E-state index in [0.717, 1.165) is 22.7 Å². The van der Waals surface area contributed by atoms with E-state index >= 15 is 0 Å². The molecule has 13 rings (SSSR count). The van der Waals surface area contributed by atoms with Gasteiger partial charge >= 0.3 is 0 Å². The lowest BCUT2D eigenvalue weighted by atomic mass is 9.80. The van der Waals surface area contributed by atoms with Gasteiger partial charge in [0.05, 0.1) is 11.0 Å². The number of anilines is 3. The smallest absolute Gasteiger partial charge is 0.0541 e. The molecule has 12 aromatic rings. The van der Waals surface area contributed by atoms with E-state index in [-0.39, 0.29) is 5.41 Å². The van der Waals surface area contributed by atoms with E-state index in [2.05, 4.69) is 267 Å². The summed E-state index contributed by atoms with van der Waals surface area (Å²) in [6, 6.07) is 87.3. The molecule has 322 valence electrons. The highest BCUT2D eigenvalue weighted by Crippen LogP contribution is 2.51. The molecule has 11 aromatic carbocycles. The first kappa shape index (κ1) is 39.9. The van der Waals surface area contributed by atoms with Crippen molar-refractivity contribution in [3.8, 4) is 50.2 Å². The molecule has 1 aromatic heterocycles. The predicted molar refractivity (Wildman–Crippen MR) is 289 cm³/mol. The van der Waals surface area contributed by atoms with Gasteiger partial charge in [0.2, 0.25) is 0 Å². The van der Waals surface area contributed by atoms with Gasteiger partial charge in [-0.3, -0.25) is 0 Å². The third kappa shape index (κ3) is 6.25. The van der Waals surface area contributed by atoms with Gasteiger partial charge < -0.3 is 9.47 Å². The summed E-state index contributed by atoms with van der Waals surface area (Å²) < 4.78 is 2.37. The van der Waals surface area contributed by atoms with Crippen molar-refractivity contribution in [1.29, 1.82) is 0 Å². The Labute approximate surface area is 397 Å². The van der Waals surface area contributed by atoms with Gasteiger partial charge in [0, 0.05) is 38.9 Å². The molecule has 1 aliphatic carbocycles. The molecule has 0 unspecified atom stereocenters. The maximum absolute atomic E-state index is 2.47. The predicted octanol–water partition coefficient (Wildman–Crippen LogP) is 18.2. The highest BCUT2D eigenvalue weighted by molar-refractivity contribution is 6.21. The van der Waals surface area contributed by atoms with E-state index in [1.54, 1.807) is 0 Å². The van der Waals surface area contributed by atoms with Gasteiger partial charge in [-0.25, -0.2) is 0 Å². The average Bonchev–Trinajstić information content (AvgIpc) is 3.84.